The molecule has 0 aromatic heterocycles. The van der Waals surface area contributed by atoms with Gasteiger partial charge >= 0.3 is 0 Å². The molecule has 3 heteroatoms. The molecule has 0 unspecified atom stereocenters. The monoisotopic (exact) mass is 248 g/mol. The zero-order valence-electron chi connectivity index (χ0n) is 11.6. The lowest BCUT2D eigenvalue weighted by molar-refractivity contribution is -0.120. The van der Waals surface area contributed by atoms with Gasteiger partial charge in [-0.15, -0.1) is 0 Å². The molecule has 0 aliphatic carbocycles. The van der Waals surface area contributed by atoms with Crippen molar-refractivity contribution in [3.63, 3.8) is 0 Å². The molecule has 1 rings (SSSR count). The van der Waals surface area contributed by atoms with Crippen LogP contribution in [-0.4, -0.2) is 26.0 Å². The Morgan fingerprint density at radius 1 is 1.17 bits per heavy atom. The first kappa shape index (κ1) is 14.7. The minimum atomic E-state index is 0.0499. The second kappa shape index (κ2) is 7.88. The van der Waals surface area contributed by atoms with Gasteiger partial charge in [0, 0.05) is 6.54 Å². The molecule has 1 aromatic rings. The summed E-state index contributed by atoms with van der Waals surface area (Å²) in [7, 11) is 1.77. The predicted octanol–water partition coefficient (Wildman–Crippen LogP) is 1.76. The quantitative estimate of drug-likeness (QED) is 0.772. The minimum absolute atomic E-state index is 0.0499. The highest BCUT2D eigenvalue weighted by Gasteiger charge is 2.00. The average molecular weight is 248 g/mol. The smallest absolute Gasteiger partial charge is 0.233 e. The first-order chi connectivity index (χ1) is 8.61. The minimum Gasteiger partial charge on any atom is -0.355 e. The third-order valence-corrected chi connectivity index (χ3v) is 2.74. The fourth-order valence-corrected chi connectivity index (χ4v) is 1.88. The molecule has 1 aromatic carbocycles. The van der Waals surface area contributed by atoms with Crippen molar-refractivity contribution in [1.29, 1.82) is 0 Å². The topological polar surface area (TPSA) is 41.1 Å². The van der Waals surface area contributed by atoms with E-state index in [-0.39, 0.29) is 5.91 Å². The van der Waals surface area contributed by atoms with E-state index in [9.17, 15) is 4.79 Å². The molecule has 0 fully saturated rings. The Morgan fingerprint density at radius 3 is 2.33 bits per heavy atom. The fourth-order valence-electron chi connectivity index (χ4n) is 1.88. The standard InChI is InChI=1S/C15H24N2O/c1-12(2)10-14-6-4-13(5-7-14)8-9-17-15(18)11-16-3/h4-7,12,16H,8-11H2,1-3H3,(H,17,18). The van der Waals surface area contributed by atoms with Crippen LogP contribution in [0.2, 0.25) is 0 Å². The molecule has 0 atom stereocenters. The van der Waals surface area contributed by atoms with Crippen LogP contribution in [0.5, 0.6) is 0 Å². The summed E-state index contributed by atoms with van der Waals surface area (Å²) in [5.74, 6) is 0.741. The summed E-state index contributed by atoms with van der Waals surface area (Å²) in [6.45, 7) is 5.54. The number of hydrogen-bond acceptors (Lipinski definition) is 2. The van der Waals surface area contributed by atoms with Crippen molar-refractivity contribution in [2.75, 3.05) is 20.1 Å². The number of nitrogens with one attached hydrogen (secondary N) is 2. The van der Waals surface area contributed by atoms with E-state index >= 15 is 0 Å². The summed E-state index contributed by atoms with van der Waals surface area (Å²) in [6.07, 6.45) is 2.01. The molecule has 0 heterocycles. The summed E-state index contributed by atoms with van der Waals surface area (Å²) >= 11 is 0. The molecule has 0 aliphatic rings. The lowest BCUT2D eigenvalue weighted by Crippen LogP contribution is -2.33. The predicted molar refractivity (Wildman–Crippen MR) is 75.6 cm³/mol. The maximum Gasteiger partial charge on any atom is 0.233 e. The van der Waals surface area contributed by atoms with Gasteiger partial charge in [0.1, 0.15) is 0 Å². The molecular weight excluding hydrogens is 224 g/mol. The molecule has 0 radical (unpaired) electrons. The highest BCUT2D eigenvalue weighted by atomic mass is 16.1. The largest absolute Gasteiger partial charge is 0.355 e. The highest BCUT2D eigenvalue weighted by Crippen LogP contribution is 2.09. The van der Waals surface area contributed by atoms with Crippen molar-refractivity contribution in [1.82, 2.24) is 10.6 Å². The van der Waals surface area contributed by atoms with E-state index in [1.54, 1.807) is 7.05 Å². The Labute approximate surface area is 110 Å². The normalized spacial score (nSPS) is 10.7. The van der Waals surface area contributed by atoms with Crippen molar-refractivity contribution >= 4 is 5.91 Å². The van der Waals surface area contributed by atoms with Crippen LogP contribution in [0, 0.1) is 5.92 Å². The zero-order valence-corrected chi connectivity index (χ0v) is 11.6. The highest BCUT2D eigenvalue weighted by molar-refractivity contribution is 5.77. The molecule has 2 N–H and O–H groups in total. The van der Waals surface area contributed by atoms with Crippen molar-refractivity contribution in [2.24, 2.45) is 5.92 Å². The Hall–Kier alpha value is -1.35. The number of carbonyl (C=O) groups excluding carboxylic acids is 1. The summed E-state index contributed by atoms with van der Waals surface area (Å²) in [5.41, 5.74) is 2.65. The van der Waals surface area contributed by atoms with Gasteiger partial charge < -0.3 is 10.6 Å². The molecular formula is C15H24N2O. The van der Waals surface area contributed by atoms with Gasteiger partial charge in [0.2, 0.25) is 5.91 Å². The Kier molecular flexibility index (Phi) is 6.44. The Balaban J connectivity index is 2.33. The molecule has 3 nitrogen and oxygen atoms in total. The summed E-state index contributed by atoms with van der Waals surface area (Å²) in [6, 6.07) is 8.68. The number of amides is 1. The van der Waals surface area contributed by atoms with Gasteiger partial charge in [-0.1, -0.05) is 38.1 Å². The van der Waals surface area contributed by atoms with E-state index < -0.39 is 0 Å². The third-order valence-electron chi connectivity index (χ3n) is 2.74. The number of likely N-dealkylation sites (N-methyl/N-ethyl adjacent to an activating group) is 1. The first-order valence-electron chi connectivity index (χ1n) is 6.61. The molecule has 0 spiro atoms. The van der Waals surface area contributed by atoms with Crippen LogP contribution in [0.3, 0.4) is 0 Å². The van der Waals surface area contributed by atoms with Gasteiger partial charge in [0.05, 0.1) is 6.54 Å². The van der Waals surface area contributed by atoms with Gasteiger partial charge in [0.25, 0.3) is 0 Å². The van der Waals surface area contributed by atoms with Gasteiger partial charge in [-0.05, 0) is 36.9 Å². The average Bonchev–Trinajstić information content (AvgIpc) is 2.31. The summed E-state index contributed by atoms with van der Waals surface area (Å²) in [5, 5.41) is 5.71. The molecule has 0 aliphatic heterocycles. The van der Waals surface area contributed by atoms with Gasteiger partial charge in [0.15, 0.2) is 0 Å². The third kappa shape index (κ3) is 5.82. The van der Waals surface area contributed by atoms with E-state index in [1.165, 1.54) is 11.1 Å². The van der Waals surface area contributed by atoms with Crippen molar-refractivity contribution < 1.29 is 4.79 Å². The van der Waals surface area contributed by atoms with Crippen LogP contribution in [-0.2, 0) is 17.6 Å². The second-order valence-electron chi connectivity index (χ2n) is 5.04. The number of rotatable bonds is 7. The van der Waals surface area contributed by atoms with Gasteiger partial charge in [-0.25, -0.2) is 0 Å². The number of benzene rings is 1. The van der Waals surface area contributed by atoms with E-state index in [0.29, 0.717) is 19.0 Å². The van der Waals surface area contributed by atoms with Crippen LogP contribution < -0.4 is 10.6 Å². The van der Waals surface area contributed by atoms with Crippen molar-refractivity contribution in [2.45, 2.75) is 26.7 Å². The van der Waals surface area contributed by atoms with Gasteiger partial charge in [-0.3, -0.25) is 4.79 Å². The Bertz CT molecular complexity index is 357. The maximum atomic E-state index is 11.2. The molecule has 18 heavy (non-hydrogen) atoms. The van der Waals surface area contributed by atoms with Crippen LogP contribution in [0.15, 0.2) is 24.3 Å². The van der Waals surface area contributed by atoms with Crippen molar-refractivity contribution in [3.05, 3.63) is 35.4 Å². The van der Waals surface area contributed by atoms with Crippen LogP contribution in [0.1, 0.15) is 25.0 Å². The maximum absolute atomic E-state index is 11.2. The second-order valence-corrected chi connectivity index (χ2v) is 5.04. The number of hydrogen-bond donors (Lipinski definition) is 2. The molecule has 1 amide bonds. The SMILES string of the molecule is CNCC(=O)NCCc1ccc(CC(C)C)cc1. The van der Waals surface area contributed by atoms with Crippen LogP contribution in [0.4, 0.5) is 0 Å². The number of carbonyl (C=O) groups is 1. The molecule has 0 saturated carbocycles. The lowest BCUT2D eigenvalue weighted by atomic mass is 10.0. The molecule has 100 valence electrons. The zero-order chi connectivity index (χ0) is 13.4. The van der Waals surface area contributed by atoms with Crippen LogP contribution >= 0.6 is 0 Å². The van der Waals surface area contributed by atoms with E-state index in [4.69, 9.17) is 0 Å². The molecule has 0 saturated heterocycles. The first-order valence-corrected chi connectivity index (χ1v) is 6.61. The fraction of sp³-hybridized carbons (Fsp3) is 0.533. The molecule has 0 bridgehead atoms. The van der Waals surface area contributed by atoms with Crippen LogP contribution in [0.25, 0.3) is 0 Å². The summed E-state index contributed by atoms with van der Waals surface area (Å²) in [4.78, 5) is 11.2. The summed E-state index contributed by atoms with van der Waals surface area (Å²) < 4.78 is 0. The van der Waals surface area contributed by atoms with E-state index in [0.717, 1.165) is 12.8 Å². The van der Waals surface area contributed by atoms with E-state index in [1.807, 2.05) is 0 Å². The Morgan fingerprint density at radius 2 is 1.78 bits per heavy atom. The van der Waals surface area contributed by atoms with Gasteiger partial charge in [-0.2, -0.15) is 0 Å². The van der Waals surface area contributed by atoms with Crippen molar-refractivity contribution in [3.8, 4) is 0 Å². The lowest BCUT2D eigenvalue weighted by Gasteiger charge is -2.07. The van der Waals surface area contributed by atoms with E-state index in [2.05, 4.69) is 48.7 Å².